The maximum atomic E-state index is 13.3. The molecule has 18 heavy (non-hydrogen) atoms. The Kier molecular flexibility index (Phi) is 3.66. The predicted molar refractivity (Wildman–Crippen MR) is 60.7 cm³/mol. The number of anilines is 1. The van der Waals surface area contributed by atoms with Crippen LogP contribution in [0.3, 0.4) is 0 Å². The Morgan fingerprint density at radius 2 is 1.78 bits per heavy atom. The molecule has 0 aliphatic heterocycles. The van der Waals surface area contributed by atoms with Gasteiger partial charge in [0.1, 0.15) is 5.82 Å². The molecule has 2 aromatic rings. The molecule has 1 heterocycles. The van der Waals surface area contributed by atoms with E-state index in [1.54, 1.807) is 0 Å². The second-order valence-corrected chi connectivity index (χ2v) is 3.82. The quantitative estimate of drug-likeness (QED) is 0.873. The van der Waals surface area contributed by atoms with Crippen LogP contribution in [0.2, 0.25) is 5.15 Å². The molecule has 0 unspecified atom stereocenters. The van der Waals surface area contributed by atoms with Crippen LogP contribution in [0.4, 0.5) is 19.0 Å². The minimum atomic E-state index is -1.49. The van der Waals surface area contributed by atoms with Crippen molar-refractivity contribution in [3.05, 3.63) is 52.4 Å². The first-order chi connectivity index (χ1) is 8.58. The first kappa shape index (κ1) is 12.6. The lowest BCUT2D eigenvalue weighted by atomic mass is 10.2. The maximum Gasteiger partial charge on any atom is 0.194 e. The third kappa shape index (κ3) is 2.70. The number of hydrogen-bond acceptors (Lipinski definition) is 3. The molecule has 7 heteroatoms. The van der Waals surface area contributed by atoms with Crippen molar-refractivity contribution in [2.24, 2.45) is 0 Å². The Morgan fingerprint density at radius 1 is 1.00 bits per heavy atom. The average molecular weight is 274 g/mol. The molecule has 1 aromatic carbocycles. The SMILES string of the molecule is Fc1ccc(CNc2ccc(Cl)nn2)c(F)c1F. The predicted octanol–water partition coefficient (Wildman–Crippen LogP) is 3.16. The molecule has 0 amide bonds. The lowest BCUT2D eigenvalue weighted by Crippen LogP contribution is -2.06. The average Bonchev–Trinajstić information content (AvgIpc) is 2.37. The van der Waals surface area contributed by atoms with Gasteiger partial charge in [-0.05, 0) is 18.2 Å². The number of hydrogen-bond donors (Lipinski definition) is 1. The maximum absolute atomic E-state index is 13.3. The number of rotatable bonds is 3. The molecule has 94 valence electrons. The molecule has 0 aliphatic rings. The van der Waals surface area contributed by atoms with Gasteiger partial charge in [-0.15, -0.1) is 10.2 Å². The zero-order valence-corrected chi connectivity index (χ0v) is 9.68. The molecule has 0 saturated carbocycles. The zero-order chi connectivity index (χ0) is 13.1. The molecule has 0 fully saturated rings. The van der Waals surface area contributed by atoms with Crippen LogP contribution in [0.25, 0.3) is 0 Å². The zero-order valence-electron chi connectivity index (χ0n) is 8.92. The Balaban J connectivity index is 2.11. The van der Waals surface area contributed by atoms with E-state index >= 15 is 0 Å². The van der Waals surface area contributed by atoms with Crippen LogP contribution in [0.15, 0.2) is 24.3 Å². The lowest BCUT2D eigenvalue weighted by molar-refractivity contribution is 0.442. The smallest absolute Gasteiger partial charge is 0.194 e. The lowest BCUT2D eigenvalue weighted by Gasteiger charge is -2.06. The van der Waals surface area contributed by atoms with Crippen LogP contribution in [0, 0.1) is 17.5 Å². The van der Waals surface area contributed by atoms with Gasteiger partial charge in [0.15, 0.2) is 22.6 Å². The third-order valence-electron chi connectivity index (χ3n) is 2.21. The Hall–Kier alpha value is -1.82. The summed E-state index contributed by atoms with van der Waals surface area (Å²) in [5.41, 5.74) is -0.00866. The normalized spacial score (nSPS) is 10.4. The van der Waals surface area contributed by atoms with Crippen molar-refractivity contribution in [1.82, 2.24) is 10.2 Å². The summed E-state index contributed by atoms with van der Waals surface area (Å²) in [7, 11) is 0. The molecule has 0 bridgehead atoms. The van der Waals surface area contributed by atoms with Gasteiger partial charge in [0, 0.05) is 12.1 Å². The van der Waals surface area contributed by atoms with Crippen molar-refractivity contribution in [3.8, 4) is 0 Å². The number of nitrogens with zero attached hydrogens (tertiary/aromatic N) is 2. The fourth-order valence-corrected chi connectivity index (χ4v) is 1.40. The summed E-state index contributed by atoms with van der Waals surface area (Å²) in [4.78, 5) is 0. The van der Waals surface area contributed by atoms with Gasteiger partial charge in [-0.25, -0.2) is 13.2 Å². The van der Waals surface area contributed by atoms with E-state index in [0.29, 0.717) is 5.82 Å². The van der Waals surface area contributed by atoms with Crippen LogP contribution in [0.1, 0.15) is 5.56 Å². The molecule has 3 nitrogen and oxygen atoms in total. The molecule has 0 spiro atoms. The van der Waals surface area contributed by atoms with E-state index in [9.17, 15) is 13.2 Å². The van der Waals surface area contributed by atoms with Gasteiger partial charge in [0.2, 0.25) is 0 Å². The Labute approximate surface area is 106 Å². The summed E-state index contributed by atoms with van der Waals surface area (Å²) in [6, 6.07) is 5.05. The molecule has 0 aliphatic carbocycles. The monoisotopic (exact) mass is 273 g/mol. The van der Waals surface area contributed by atoms with E-state index in [4.69, 9.17) is 11.6 Å². The molecule has 1 N–H and O–H groups in total. The summed E-state index contributed by atoms with van der Waals surface area (Å²) in [5, 5.41) is 10.2. The highest BCUT2D eigenvalue weighted by Gasteiger charge is 2.12. The van der Waals surface area contributed by atoms with E-state index in [-0.39, 0.29) is 17.3 Å². The summed E-state index contributed by atoms with van der Waals surface area (Å²) in [6.07, 6.45) is 0. The van der Waals surface area contributed by atoms with Gasteiger partial charge in [-0.3, -0.25) is 0 Å². The van der Waals surface area contributed by atoms with Gasteiger partial charge in [-0.2, -0.15) is 0 Å². The van der Waals surface area contributed by atoms with E-state index in [0.717, 1.165) is 12.1 Å². The molecule has 2 rings (SSSR count). The van der Waals surface area contributed by atoms with Crippen LogP contribution < -0.4 is 5.32 Å². The fourth-order valence-electron chi connectivity index (χ4n) is 1.30. The number of halogens is 4. The molecule has 0 atom stereocenters. The van der Waals surface area contributed by atoms with E-state index in [2.05, 4.69) is 15.5 Å². The van der Waals surface area contributed by atoms with Crippen LogP contribution >= 0.6 is 11.6 Å². The summed E-state index contributed by atoms with van der Waals surface area (Å²) in [6.45, 7) is -0.0423. The van der Waals surface area contributed by atoms with Gasteiger partial charge >= 0.3 is 0 Å². The van der Waals surface area contributed by atoms with E-state index < -0.39 is 17.5 Å². The molecule has 0 radical (unpaired) electrons. The van der Waals surface area contributed by atoms with Crippen LogP contribution in [0.5, 0.6) is 0 Å². The van der Waals surface area contributed by atoms with E-state index in [1.807, 2.05) is 0 Å². The second kappa shape index (κ2) is 5.22. The van der Waals surface area contributed by atoms with Gasteiger partial charge < -0.3 is 5.32 Å². The highest BCUT2D eigenvalue weighted by molar-refractivity contribution is 6.29. The molecule has 1 aromatic heterocycles. The minimum absolute atomic E-state index is 0.00866. The first-order valence-electron chi connectivity index (χ1n) is 4.93. The Morgan fingerprint density at radius 3 is 2.44 bits per heavy atom. The van der Waals surface area contributed by atoms with Gasteiger partial charge in [-0.1, -0.05) is 17.7 Å². The van der Waals surface area contributed by atoms with E-state index in [1.165, 1.54) is 12.1 Å². The van der Waals surface area contributed by atoms with Gasteiger partial charge in [0.25, 0.3) is 0 Å². The molecule has 0 saturated heterocycles. The minimum Gasteiger partial charge on any atom is -0.364 e. The van der Waals surface area contributed by atoms with Crippen molar-refractivity contribution in [2.75, 3.05) is 5.32 Å². The number of aromatic nitrogens is 2. The second-order valence-electron chi connectivity index (χ2n) is 3.43. The fraction of sp³-hybridized carbons (Fsp3) is 0.0909. The summed E-state index contributed by atoms with van der Waals surface area (Å²) >= 11 is 5.54. The van der Waals surface area contributed by atoms with Crippen molar-refractivity contribution in [1.29, 1.82) is 0 Å². The number of nitrogens with one attached hydrogen (secondary N) is 1. The molecular weight excluding hydrogens is 267 g/mol. The molecular formula is C11H7ClF3N3. The van der Waals surface area contributed by atoms with Crippen molar-refractivity contribution in [2.45, 2.75) is 6.54 Å². The van der Waals surface area contributed by atoms with Crippen LogP contribution in [-0.4, -0.2) is 10.2 Å². The highest BCUT2D eigenvalue weighted by Crippen LogP contribution is 2.16. The van der Waals surface area contributed by atoms with Crippen molar-refractivity contribution >= 4 is 17.4 Å². The standard InChI is InChI=1S/C11H7ClF3N3/c12-8-3-4-9(18-17-8)16-5-6-1-2-7(13)11(15)10(6)14/h1-4H,5H2,(H,16,18). The first-order valence-corrected chi connectivity index (χ1v) is 5.31. The summed E-state index contributed by atoms with van der Waals surface area (Å²) in [5.74, 6) is -3.58. The van der Waals surface area contributed by atoms with Crippen molar-refractivity contribution < 1.29 is 13.2 Å². The van der Waals surface area contributed by atoms with Crippen LogP contribution in [-0.2, 0) is 6.54 Å². The number of benzene rings is 1. The third-order valence-corrected chi connectivity index (χ3v) is 2.41. The summed E-state index contributed by atoms with van der Waals surface area (Å²) < 4.78 is 39.0. The highest BCUT2D eigenvalue weighted by atomic mass is 35.5. The topological polar surface area (TPSA) is 37.8 Å². The Bertz CT molecular complexity index is 560. The van der Waals surface area contributed by atoms with Gasteiger partial charge in [0.05, 0.1) is 0 Å². The van der Waals surface area contributed by atoms with Crippen molar-refractivity contribution in [3.63, 3.8) is 0 Å². The largest absolute Gasteiger partial charge is 0.364 e.